The first kappa shape index (κ1) is 16.3. The van der Waals surface area contributed by atoms with Gasteiger partial charge in [0.05, 0.1) is 6.04 Å². The lowest BCUT2D eigenvalue weighted by Gasteiger charge is -2.36. The minimum atomic E-state index is 0.0667. The van der Waals surface area contributed by atoms with Crippen molar-refractivity contribution in [3.63, 3.8) is 0 Å². The number of benzene rings is 1. The molecule has 116 valence electrons. The predicted octanol–water partition coefficient (Wildman–Crippen LogP) is 2.63. The van der Waals surface area contributed by atoms with Crippen LogP contribution in [0.4, 0.5) is 0 Å². The van der Waals surface area contributed by atoms with Gasteiger partial charge in [-0.3, -0.25) is 4.79 Å². The monoisotopic (exact) mass is 310 g/mol. The zero-order chi connectivity index (χ0) is 15.1. The number of rotatable bonds is 6. The Morgan fingerprint density at radius 1 is 1.52 bits per heavy atom. The number of nitrogens with one attached hydrogen (secondary N) is 1. The second kappa shape index (κ2) is 8.37. The van der Waals surface area contributed by atoms with Gasteiger partial charge in [0.15, 0.2) is 0 Å². The van der Waals surface area contributed by atoms with Crippen LogP contribution in [0.25, 0.3) is 0 Å². The molecule has 1 aliphatic heterocycles. The van der Waals surface area contributed by atoms with E-state index in [2.05, 4.69) is 5.32 Å². The van der Waals surface area contributed by atoms with Gasteiger partial charge in [-0.2, -0.15) is 0 Å². The quantitative estimate of drug-likeness (QED) is 0.821. The molecule has 21 heavy (non-hydrogen) atoms. The van der Waals surface area contributed by atoms with Crippen LogP contribution in [0.2, 0.25) is 5.02 Å². The Hall–Kier alpha value is -1.10. The third-order valence-electron chi connectivity index (χ3n) is 3.68. The van der Waals surface area contributed by atoms with Gasteiger partial charge in [-0.1, -0.05) is 23.7 Å². The molecule has 1 N–H and O–H groups in total. The molecule has 1 unspecified atom stereocenters. The van der Waals surface area contributed by atoms with Crippen molar-refractivity contribution in [3.8, 4) is 0 Å². The Balaban J connectivity index is 2.00. The minimum absolute atomic E-state index is 0.0667. The molecule has 0 saturated carbocycles. The van der Waals surface area contributed by atoms with Crippen molar-refractivity contribution >= 4 is 17.5 Å². The van der Waals surface area contributed by atoms with Gasteiger partial charge in [-0.25, -0.2) is 0 Å². The molecule has 1 saturated heterocycles. The van der Waals surface area contributed by atoms with Crippen molar-refractivity contribution in [2.24, 2.45) is 0 Å². The molecular weight excluding hydrogens is 288 g/mol. The molecule has 0 aliphatic carbocycles. The van der Waals surface area contributed by atoms with E-state index in [1.807, 2.05) is 36.1 Å². The Kier molecular flexibility index (Phi) is 6.49. The SMILES string of the molecule is CCOCCCC(=O)N1CCNCC1c1cccc(Cl)c1. The van der Waals surface area contributed by atoms with Crippen molar-refractivity contribution in [3.05, 3.63) is 34.9 Å². The van der Waals surface area contributed by atoms with Crippen molar-refractivity contribution < 1.29 is 9.53 Å². The molecule has 1 aliphatic rings. The highest BCUT2D eigenvalue weighted by atomic mass is 35.5. The van der Waals surface area contributed by atoms with Gasteiger partial charge in [0.2, 0.25) is 5.91 Å². The Morgan fingerprint density at radius 3 is 3.14 bits per heavy atom. The molecule has 0 aromatic heterocycles. The van der Waals surface area contributed by atoms with Crippen molar-refractivity contribution in [1.82, 2.24) is 10.2 Å². The fourth-order valence-electron chi connectivity index (χ4n) is 2.63. The molecule has 1 aromatic rings. The first-order chi connectivity index (χ1) is 10.2. The maximum atomic E-state index is 12.4. The van der Waals surface area contributed by atoms with Gasteiger partial charge in [-0.15, -0.1) is 0 Å². The van der Waals surface area contributed by atoms with Crippen LogP contribution in [0.3, 0.4) is 0 Å². The molecule has 1 atom stereocenters. The van der Waals surface area contributed by atoms with E-state index in [4.69, 9.17) is 16.3 Å². The number of carbonyl (C=O) groups excluding carboxylic acids is 1. The smallest absolute Gasteiger partial charge is 0.223 e. The maximum Gasteiger partial charge on any atom is 0.223 e. The van der Waals surface area contributed by atoms with E-state index < -0.39 is 0 Å². The number of halogens is 1. The Labute approximate surface area is 131 Å². The summed E-state index contributed by atoms with van der Waals surface area (Å²) < 4.78 is 5.30. The molecular formula is C16H23ClN2O2. The second-order valence-corrected chi connectivity index (χ2v) is 5.60. The summed E-state index contributed by atoms with van der Waals surface area (Å²) in [6, 6.07) is 7.83. The van der Waals surface area contributed by atoms with E-state index in [9.17, 15) is 4.79 Å². The average molecular weight is 311 g/mol. The third-order valence-corrected chi connectivity index (χ3v) is 3.92. The third kappa shape index (κ3) is 4.70. The van der Waals surface area contributed by atoms with Crippen LogP contribution >= 0.6 is 11.6 Å². The summed E-state index contributed by atoms with van der Waals surface area (Å²) in [4.78, 5) is 14.4. The molecule has 0 spiro atoms. The topological polar surface area (TPSA) is 41.6 Å². The highest BCUT2D eigenvalue weighted by molar-refractivity contribution is 6.30. The fourth-order valence-corrected chi connectivity index (χ4v) is 2.83. The summed E-state index contributed by atoms with van der Waals surface area (Å²) in [6.07, 6.45) is 1.32. The maximum absolute atomic E-state index is 12.4. The predicted molar refractivity (Wildman–Crippen MR) is 84.5 cm³/mol. The van der Waals surface area contributed by atoms with Crippen molar-refractivity contribution in [1.29, 1.82) is 0 Å². The molecule has 0 bridgehead atoms. The minimum Gasteiger partial charge on any atom is -0.382 e. The van der Waals surface area contributed by atoms with Crippen LogP contribution in [-0.2, 0) is 9.53 Å². The van der Waals surface area contributed by atoms with E-state index in [0.717, 1.165) is 31.6 Å². The second-order valence-electron chi connectivity index (χ2n) is 5.16. The molecule has 1 heterocycles. The van der Waals surface area contributed by atoms with Crippen LogP contribution < -0.4 is 5.32 Å². The zero-order valence-electron chi connectivity index (χ0n) is 12.5. The van der Waals surface area contributed by atoms with Gasteiger partial charge in [0, 0.05) is 44.3 Å². The number of hydrogen-bond acceptors (Lipinski definition) is 3. The number of ether oxygens (including phenoxy) is 1. The lowest BCUT2D eigenvalue weighted by atomic mass is 10.0. The highest BCUT2D eigenvalue weighted by Gasteiger charge is 2.27. The summed E-state index contributed by atoms with van der Waals surface area (Å²) in [5.41, 5.74) is 1.09. The van der Waals surface area contributed by atoms with Crippen LogP contribution in [-0.4, -0.2) is 43.7 Å². The molecule has 4 nitrogen and oxygen atoms in total. The molecule has 1 aromatic carbocycles. The average Bonchev–Trinajstić information content (AvgIpc) is 2.51. The van der Waals surface area contributed by atoms with Crippen molar-refractivity contribution in [2.45, 2.75) is 25.8 Å². The summed E-state index contributed by atoms with van der Waals surface area (Å²) in [5, 5.41) is 4.06. The van der Waals surface area contributed by atoms with Crippen LogP contribution in [0.5, 0.6) is 0 Å². The summed E-state index contributed by atoms with van der Waals surface area (Å²) in [5.74, 6) is 0.196. The molecule has 0 radical (unpaired) electrons. The summed E-state index contributed by atoms with van der Waals surface area (Å²) in [7, 11) is 0. The van der Waals surface area contributed by atoms with Gasteiger partial charge in [0.1, 0.15) is 0 Å². The molecule has 1 fully saturated rings. The zero-order valence-corrected chi connectivity index (χ0v) is 13.2. The summed E-state index contributed by atoms with van der Waals surface area (Å²) >= 11 is 6.07. The van der Waals surface area contributed by atoms with E-state index in [-0.39, 0.29) is 11.9 Å². The lowest BCUT2D eigenvalue weighted by Crippen LogP contribution is -2.48. The first-order valence-electron chi connectivity index (χ1n) is 7.55. The van der Waals surface area contributed by atoms with Crippen LogP contribution in [0.1, 0.15) is 31.4 Å². The van der Waals surface area contributed by atoms with Crippen molar-refractivity contribution in [2.75, 3.05) is 32.8 Å². The van der Waals surface area contributed by atoms with E-state index in [1.54, 1.807) is 0 Å². The Morgan fingerprint density at radius 2 is 2.38 bits per heavy atom. The largest absolute Gasteiger partial charge is 0.382 e. The van der Waals surface area contributed by atoms with Crippen LogP contribution in [0.15, 0.2) is 24.3 Å². The number of nitrogens with zero attached hydrogens (tertiary/aromatic N) is 1. The molecule has 1 amide bonds. The van der Waals surface area contributed by atoms with E-state index in [1.165, 1.54) is 0 Å². The van der Waals surface area contributed by atoms with Gasteiger partial charge < -0.3 is 15.0 Å². The first-order valence-corrected chi connectivity index (χ1v) is 7.93. The van der Waals surface area contributed by atoms with Gasteiger partial charge in [-0.05, 0) is 31.0 Å². The molecule has 5 heteroatoms. The number of piperazine rings is 1. The number of carbonyl (C=O) groups is 1. The standard InChI is InChI=1S/C16H23ClN2O2/c1-2-21-10-4-7-16(20)19-9-8-18-12-15(19)13-5-3-6-14(17)11-13/h3,5-6,11,15,18H,2,4,7-10,12H2,1H3. The normalized spacial score (nSPS) is 18.8. The highest BCUT2D eigenvalue weighted by Crippen LogP contribution is 2.25. The Bertz CT molecular complexity index is 467. The lowest BCUT2D eigenvalue weighted by molar-refractivity contribution is -0.134. The van der Waals surface area contributed by atoms with E-state index >= 15 is 0 Å². The van der Waals surface area contributed by atoms with Gasteiger partial charge >= 0.3 is 0 Å². The summed E-state index contributed by atoms with van der Waals surface area (Å²) in [6.45, 7) is 5.67. The van der Waals surface area contributed by atoms with E-state index in [0.29, 0.717) is 24.7 Å². The van der Waals surface area contributed by atoms with Gasteiger partial charge in [0.25, 0.3) is 0 Å². The molecule has 2 rings (SSSR count). The number of hydrogen-bond donors (Lipinski definition) is 1. The number of amides is 1. The van der Waals surface area contributed by atoms with Crippen LogP contribution in [0, 0.1) is 0 Å². The fraction of sp³-hybridized carbons (Fsp3) is 0.562.